The Balaban J connectivity index is 4.09. The van der Waals surface area contributed by atoms with E-state index in [1.54, 1.807) is 0 Å². The fraction of sp³-hybridized carbons (Fsp3) is 1.00. The molecule has 0 saturated heterocycles. The van der Waals surface area contributed by atoms with Gasteiger partial charge in [0.05, 0.1) is 0 Å². The van der Waals surface area contributed by atoms with Gasteiger partial charge in [-0.1, -0.05) is 49.8 Å². The second kappa shape index (κ2) is 10.4. The molecular weight excluding hydrogens is 339 g/mol. The molecule has 18 heavy (non-hydrogen) atoms. The van der Waals surface area contributed by atoms with E-state index in [1.807, 2.05) is 0 Å². The van der Waals surface area contributed by atoms with Crippen LogP contribution in [0, 0.1) is 0 Å². The lowest BCUT2D eigenvalue weighted by molar-refractivity contribution is 0.108. The van der Waals surface area contributed by atoms with Crippen LogP contribution in [0.1, 0.15) is 59.8 Å². The Morgan fingerprint density at radius 3 is 2.39 bits per heavy atom. The van der Waals surface area contributed by atoms with E-state index in [2.05, 4.69) is 60.9 Å². The molecule has 0 aromatic rings. The summed E-state index contributed by atoms with van der Waals surface area (Å²) < 4.78 is 1.09. The number of halogens is 1. The minimum atomic E-state index is -0.385. The minimum Gasteiger partial charge on any atom is -0.379 e. The highest BCUT2D eigenvalue weighted by Gasteiger charge is 2.24. The van der Waals surface area contributed by atoms with Gasteiger partial charge in [-0.05, 0) is 32.7 Å². The van der Waals surface area contributed by atoms with E-state index in [-0.39, 0.29) is 11.8 Å². The maximum Gasteiger partial charge on any atom is 0.106 e. The molecule has 4 heteroatoms. The van der Waals surface area contributed by atoms with Crippen molar-refractivity contribution in [2.45, 2.75) is 77.6 Å². The zero-order valence-electron chi connectivity index (χ0n) is 12.4. The van der Waals surface area contributed by atoms with Gasteiger partial charge in [0.25, 0.3) is 0 Å². The summed E-state index contributed by atoms with van der Waals surface area (Å²) in [6.45, 7) is 9.73. The van der Waals surface area contributed by atoms with E-state index < -0.39 is 0 Å². The average Bonchev–Trinajstić information content (AvgIpc) is 2.38. The molecule has 0 aliphatic heterocycles. The van der Waals surface area contributed by atoms with E-state index in [4.69, 9.17) is 0 Å². The van der Waals surface area contributed by atoms with Gasteiger partial charge in [0.15, 0.2) is 0 Å². The van der Waals surface area contributed by atoms with Crippen LogP contribution in [0.15, 0.2) is 0 Å². The predicted octanol–water partition coefficient (Wildman–Crippen LogP) is 3.06. The topological polar surface area (TPSA) is 44.3 Å². The van der Waals surface area contributed by atoms with Gasteiger partial charge in [0.2, 0.25) is 0 Å². The number of alkyl halides is 1. The summed E-state index contributed by atoms with van der Waals surface area (Å²) in [7, 11) is 0. The van der Waals surface area contributed by atoms with Gasteiger partial charge in [0.1, 0.15) is 6.23 Å². The van der Waals surface area contributed by atoms with Gasteiger partial charge < -0.3 is 10.4 Å². The molecule has 3 unspecified atom stereocenters. The van der Waals surface area contributed by atoms with Gasteiger partial charge in [-0.3, -0.25) is 5.32 Å². The number of rotatable bonds is 11. The molecular formula is C14H31IN2O. The van der Waals surface area contributed by atoms with Crippen LogP contribution < -0.4 is 10.6 Å². The van der Waals surface area contributed by atoms with Crippen molar-refractivity contribution >= 4 is 22.6 Å². The summed E-state index contributed by atoms with van der Waals surface area (Å²) in [6, 6.07) is 0.383. The molecule has 0 aliphatic rings. The molecule has 0 heterocycles. The molecule has 0 fully saturated rings. The van der Waals surface area contributed by atoms with Gasteiger partial charge in [-0.2, -0.15) is 0 Å². The molecule has 3 atom stereocenters. The number of hydrogen-bond donors (Lipinski definition) is 3. The van der Waals surface area contributed by atoms with Crippen molar-refractivity contribution in [3.8, 4) is 0 Å². The minimum absolute atomic E-state index is 0.185. The molecule has 3 N–H and O–H groups in total. The zero-order chi connectivity index (χ0) is 14.0. The largest absolute Gasteiger partial charge is 0.379 e. The maximum atomic E-state index is 9.97. The van der Waals surface area contributed by atoms with Crippen molar-refractivity contribution in [1.82, 2.24) is 10.6 Å². The molecule has 0 rings (SSSR count). The molecule has 0 bridgehead atoms. The molecule has 0 radical (unpaired) electrons. The molecule has 0 spiro atoms. The summed E-state index contributed by atoms with van der Waals surface area (Å²) in [5, 5.41) is 16.8. The van der Waals surface area contributed by atoms with Crippen molar-refractivity contribution in [1.29, 1.82) is 0 Å². The Kier molecular flexibility index (Phi) is 10.8. The fourth-order valence-electron chi connectivity index (χ4n) is 1.85. The third kappa shape index (κ3) is 7.92. The first-order valence-corrected chi connectivity index (χ1v) is 8.79. The maximum absolute atomic E-state index is 9.97. The van der Waals surface area contributed by atoms with E-state index in [0.717, 1.165) is 43.1 Å². The molecule has 0 amide bonds. The van der Waals surface area contributed by atoms with Crippen LogP contribution in [0.4, 0.5) is 0 Å². The summed E-state index contributed by atoms with van der Waals surface area (Å²) in [5.41, 5.74) is 0.185. The monoisotopic (exact) mass is 370 g/mol. The lowest BCUT2D eigenvalue weighted by atomic mass is 9.98. The predicted molar refractivity (Wildman–Crippen MR) is 88.3 cm³/mol. The Hall–Kier alpha value is 0.610. The van der Waals surface area contributed by atoms with Gasteiger partial charge in [-0.25, -0.2) is 0 Å². The van der Waals surface area contributed by atoms with Crippen LogP contribution >= 0.6 is 22.6 Å². The normalized spacial score (nSPS) is 18.3. The van der Waals surface area contributed by atoms with Crippen molar-refractivity contribution in [3.05, 3.63) is 0 Å². The zero-order valence-corrected chi connectivity index (χ0v) is 14.6. The van der Waals surface area contributed by atoms with E-state index in [1.165, 1.54) is 0 Å². The van der Waals surface area contributed by atoms with Crippen molar-refractivity contribution in [2.75, 3.05) is 11.0 Å². The quantitative estimate of drug-likeness (QED) is 0.227. The highest BCUT2D eigenvalue weighted by molar-refractivity contribution is 14.1. The van der Waals surface area contributed by atoms with Crippen LogP contribution in [0.25, 0.3) is 0 Å². The van der Waals surface area contributed by atoms with Crippen LogP contribution in [0.3, 0.4) is 0 Å². The van der Waals surface area contributed by atoms with Gasteiger partial charge in [-0.15, -0.1) is 0 Å². The lowest BCUT2D eigenvalue weighted by Gasteiger charge is -2.33. The third-order valence-electron chi connectivity index (χ3n) is 3.54. The first-order chi connectivity index (χ1) is 8.51. The number of aliphatic hydroxyl groups excluding tert-OH is 1. The Morgan fingerprint density at radius 2 is 1.94 bits per heavy atom. The summed E-state index contributed by atoms with van der Waals surface area (Å²) in [6.07, 6.45) is 4.86. The van der Waals surface area contributed by atoms with Crippen molar-refractivity contribution in [3.63, 3.8) is 0 Å². The van der Waals surface area contributed by atoms with E-state index in [0.29, 0.717) is 6.04 Å². The first-order valence-electron chi connectivity index (χ1n) is 7.26. The Morgan fingerprint density at radius 1 is 1.28 bits per heavy atom. The third-order valence-corrected chi connectivity index (χ3v) is 5.22. The van der Waals surface area contributed by atoms with Crippen LogP contribution in [0.5, 0.6) is 0 Å². The SMILES string of the molecule is CCCCNC(O)CC(CC)NC(C)(CC)CI. The summed E-state index contributed by atoms with van der Waals surface area (Å²) in [5.74, 6) is 0. The average molecular weight is 370 g/mol. The van der Waals surface area contributed by atoms with Crippen molar-refractivity contribution in [2.24, 2.45) is 0 Å². The van der Waals surface area contributed by atoms with E-state index in [9.17, 15) is 5.11 Å². The number of nitrogens with one attached hydrogen (secondary N) is 2. The molecule has 3 nitrogen and oxygen atoms in total. The smallest absolute Gasteiger partial charge is 0.106 e. The molecule has 0 aromatic heterocycles. The number of hydrogen-bond acceptors (Lipinski definition) is 3. The molecule has 110 valence electrons. The molecule has 0 saturated carbocycles. The first kappa shape index (κ1) is 18.6. The van der Waals surface area contributed by atoms with Crippen LogP contribution in [-0.2, 0) is 0 Å². The second-order valence-electron chi connectivity index (χ2n) is 5.36. The summed E-state index contributed by atoms with van der Waals surface area (Å²) >= 11 is 2.44. The molecule has 0 aliphatic carbocycles. The fourth-order valence-corrected chi connectivity index (χ4v) is 2.61. The van der Waals surface area contributed by atoms with Crippen LogP contribution in [0.2, 0.25) is 0 Å². The summed E-state index contributed by atoms with van der Waals surface area (Å²) in [4.78, 5) is 0. The number of aliphatic hydroxyl groups is 1. The standard InChI is InChI=1S/C14H31IN2O/c1-5-8-9-16-13(18)10-12(6-2)17-14(4,7-3)11-15/h12-13,16-18H,5-11H2,1-4H3. The lowest BCUT2D eigenvalue weighted by Crippen LogP contribution is -2.51. The molecule has 0 aromatic carbocycles. The highest BCUT2D eigenvalue weighted by atomic mass is 127. The van der Waals surface area contributed by atoms with Gasteiger partial charge >= 0.3 is 0 Å². The Bertz CT molecular complexity index is 198. The second-order valence-corrected chi connectivity index (χ2v) is 6.12. The van der Waals surface area contributed by atoms with Crippen LogP contribution in [-0.4, -0.2) is 33.9 Å². The van der Waals surface area contributed by atoms with Crippen molar-refractivity contribution < 1.29 is 5.11 Å². The number of unbranched alkanes of at least 4 members (excludes halogenated alkanes) is 1. The van der Waals surface area contributed by atoms with Gasteiger partial charge in [0, 0.05) is 22.4 Å². The van der Waals surface area contributed by atoms with E-state index >= 15 is 0 Å². The Labute approximate surface area is 127 Å². The highest BCUT2D eigenvalue weighted by Crippen LogP contribution is 2.16.